The van der Waals surface area contributed by atoms with E-state index in [2.05, 4.69) is 5.16 Å². The van der Waals surface area contributed by atoms with Crippen molar-refractivity contribution >= 4 is 11.7 Å². The number of nitrogens with zero attached hydrogens (tertiary/aromatic N) is 2. The van der Waals surface area contributed by atoms with E-state index in [1.54, 1.807) is 11.9 Å². The summed E-state index contributed by atoms with van der Waals surface area (Å²) < 4.78 is 0. The first-order chi connectivity index (χ1) is 9.02. The summed E-state index contributed by atoms with van der Waals surface area (Å²) in [6.07, 6.45) is 1.58. The van der Waals surface area contributed by atoms with Crippen molar-refractivity contribution in [2.45, 2.75) is 26.2 Å². The number of carbonyl (C=O) groups is 1. The summed E-state index contributed by atoms with van der Waals surface area (Å²) in [5.74, 6) is 0.199. The Morgan fingerprint density at radius 3 is 2.53 bits per heavy atom. The molecule has 104 valence electrons. The van der Waals surface area contributed by atoms with Crippen molar-refractivity contribution in [2.24, 2.45) is 10.9 Å². The summed E-state index contributed by atoms with van der Waals surface area (Å²) in [6, 6.07) is 8.17. The van der Waals surface area contributed by atoms with Gasteiger partial charge in [-0.2, -0.15) is 0 Å². The third-order valence-electron chi connectivity index (χ3n) is 3.01. The molecule has 0 unspecified atom stereocenters. The molecule has 1 rings (SSSR count). The molecule has 0 radical (unpaired) electrons. The van der Waals surface area contributed by atoms with Crippen LogP contribution in [-0.4, -0.2) is 35.4 Å². The number of rotatable bonds is 6. The number of benzene rings is 1. The highest BCUT2D eigenvalue weighted by molar-refractivity contribution is 5.81. The van der Waals surface area contributed by atoms with Crippen LogP contribution in [0.4, 0.5) is 0 Å². The lowest BCUT2D eigenvalue weighted by molar-refractivity contribution is -0.129. The molecule has 5 heteroatoms. The van der Waals surface area contributed by atoms with Gasteiger partial charge in [-0.25, -0.2) is 0 Å². The maximum atomic E-state index is 11.9. The Hall–Kier alpha value is -2.04. The van der Waals surface area contributed by atoms with Crippen LogP contribution in [0.15, 0.2) is 29.4 Å². The Morgan fingerprint density at radius 2 is 1.95 bits per heavy atom. The quantitative estimate of drug-likeness (QED) is 0.353. The molecule has 0 aromatic heterocycles. The van der Waals surface area contributed by atoms with Crippen LogP contribution in [0.2, 0.25) is 0 Å². The molecule has 3 N–H and O–H groups in total. The standard InChI is InChI=1S/C14H21N3O2/c1-11-3-5-12(6-4-11)7-8-14(18)17(2)10-9-13(15)16-19/h3-6,19H,7-10H2,1-2H3,(H2,15,16). The second-order valence-electron chi connectivity index (χ2n) is 4.64. The maximum Gasteiger partial charge on any atom is 0.222 e. The number of amidine groups is 1. The summed E-state index contributed by atoms with van der Waals surface area (Å²) in [5.41, 5.74) is 7.73. The molecule has 0 atom stereocenters. The second-order valence-corrected chi connectivity index (χ2v) is 4.64. The molecule has 5 nitrogen and oxygen atoms in total. The third-order valence-corrected chi connectivity index (χ3v) is 3.01. The predicted molar refractivity (Wildman–Crippen MR) is 75.2 cm³/mol. The molecule has 0 spiro atoms. The molecule has 0 bridgehead atoms. The largest absolute Gasteiger partial charge is 0.409 e. The number of carbonyl (C=O) groups excluding carboxylic acids is 1. The Labute approximate surface area is 113 Å². The maximum absolute atomic E-state index is 11.9. The zero-order valence-electron chi connectivity index (χ0n) is 11.5. The highest BCUT2D eigenvalue weighted by Gasteiger charge is 2.09. The van der Waals surface area contributed by atoms with Crippen LogP contribution in [0.3, 0.4) is 0 Å². The van der Waals surface area contributed by atoms with Gasteiger partial charge in [0.15, 0.2) is 0 Å². The summed E-state index contributed by atoms with van der Waals surface area (Å²) in [4.78, 5) is 13.5. The van der Waals surface area contributed by atoms with E-state index in [0.29, 0.717) is 19.4 Å². The van der Waals surface area contributed by atoms with Gasteiger partial charge in [0.1, 0.15) is 5.84 Å². The lowest BCUT2D eigenvalue weighted by atomic mass is 10.1. The molecule has 0 saturated heterocycles. The first-order valence-corrected chi connectivity index (χ1v) is 6.29. The number of hydrogen-bond acceptors (Lipinski definition) is 3. The first kappa shape index (κ1) is 15.0. The number of nitrogens with two attached hydrogens (primary N) is 1. The zero-order valence-corrected chi connectivity index (χ0v) is 11.5. The van der Waals surface area contributed by atoms with E-state index >= 15 is 0 Å². The number of amides is 1. The molecule has 0 aliphatic carbocycles. The molecule has 1 aromatic carbocycles. The second kappa shape index (κ2) is 7.41. The average molecular weight is 263 g/mol. The van der Waals surface area contributed by atoms with Gasteiger partial charge in [-0.1, -0.05) is 35.0 Å². The summed E-state index contributed by atoms with van der Waals surface area (Å²) in [7, 11) is 1.72. The predicted octanol–water partition coefficient (Wildman–Crippen LogP) is 1.52. The van der Waals surface area contributed by atoms with Crippen molar-refractivity contribution in [1.29, 1.82) is 0 Å². The molecule has 1 aromatic rings. The normalized spacial score (nSPS) is 11.4. The van der Waals surface area contributed by atoms with E-state index < -0.39 is 0 Å². The van der Waals surface area contributed by atoms with Gasteiger partial charge in [0.05, 0.1) is 0 Å². The lowest BCUT2D eigenvalue weighted by Gasteiger charge is -2.16. The van der Waals surface area contributed by atoms with Crippen molar-refractivity contribution in [3.05, 3.63) is 35.4 Å². The molecule has 0 aliphatic rings. The first-order valence-electron chi connectivity index (χ1n) is 6.29. The van der Waals surface area contributed by atoms with Crippen molar-refractivity contribution in [3.8, 4) is 0 Å². The van der Waals surface area contributed by atoms with E-state index in [1.807, 2.05) is 31.2 Å². The highest BCUT2D eigenvalue weighted by Crippen LogP contribution is 2.07. The van der Waals surface area contributed by atoms with Gasteiger partial charge in [0.25, 0.3) is 0 Å². The molecular formula is C14H21N3O2. The number of oxime groups is 1. The van der Waals surface area contributed by atoms with Gasteiger partial charge in [-0.05, 0) is 18.9 Å². The van der Waals surface area contributed by atoms with Gasteiger partial charge < -0.3 is 15.8 Å². The van der Waals surface area contributed by atoms with Crippen molar-refractivity contribution < 1.29 is 10.0 Å². The highest BCUT2D eigenvalue weighted by atomic mass is 16.4. The SMILES string of the molecule is Cc1ccc(CCC(=O)N(C)CCC(N)=NO)cc1. The van der Waals surface area contributed by atoms with E-state index in [0.717, 1.165) is 12.0 Å². The number of aryl methyl sites for hydroxylation is 2. The molecule has 0 saturated carbocycles. The monoisotopic (exact) mass is 263 g/mol. The molecule has 0 fully saturated rings. The van der Waals surface area contributed by atoms with Crippen LogP contribution in [-0.2, 0) is 11.2 Å². The van der Waals surface area contributed by atoms with E-state index in [-0.39, 0.29) is 11.7 Å². The average Bonchev–Trinajstić information content (AvgIpc) is 2.43. The van der Waals surface area contributed by atoms with Crippen LogP contribution in [0, 0.1) is 6.92 Å². The minimum atomic E-state index is 0.0614. The molecule has 0 heterocycles. The Kier molecular flexibility index (Phi) is 5.85. The fourth-order valence-electron chi connectivity index (χ4n) is 1.65. The van der Waals surface area contributed by atoms with Gasteiger partial charge in [0.2, 0.25) is 5.91 Å². The van der Waals surface area contributed by atoms with E-state index in [4.69, 9.17) is 10.9 Å². The van der Waals surface area contributed by atoms with Crippen molar-refractivity contribution in [1.82, 2.24) is 4.90 Å². The summed E-state index contributed by atoms with van der Waals surface area (Å²) >= 11 is 0. The summed E-state index contributed by atoms with van der Waals surface area (Å²) in [5, 5.41) is 11.3. The third kappa shape index (κ3) is 5.42. The van der Waals surface area contributed by atoms with Gasteiger partial charge in [-0.15, -0.1) is 0 Å². The van der Waals surface area contributed by atoms with Crippen molar-refractivity contribution in [2.75, 3.05) is 13.6 Å². The van der Waals surface area contributed by atoms with E-state index in [1.165, 1.54) is 5.56 Å². The van der Waals surface area contributed by atoms with Crippen molar-refractivity contribution in [3.63, 3.8) is 0 Å². The Balaban J connectivity index is 2.36. The van der Waals surface area contributed by atoms with Gasteiger partial charge in [0, 0.05) is 26.4 Å². The van der Waals surface area contributed by atoms with Crippen LogP contribution >= 0.6 is 0 Å². The zero-order chi connectivity index (χ0) is 14.3. The smallest absolute Gasteiger partial charge is 0.222 e. The minimum absolute atomic E-state index is 0.0614. The fraction of sp³-hybridized carbons (Fsp3) is 0.429. The van der Waals surface area contributed by atoms with Gasteiger partial charge in [-0.3, -0.25) is 4.79 Å². The Bertz CT molecular complexity index is 441. The van der Waals surface area contributed by atoms with Gasteiger partial charge >= 0.3 is 0 Å². The molecule has 19 heavy (non-hydrogen) atoms. The molecular weight excluding hydrogens is 242 g/mol. The minimum Gasteiger partial charge on any atom is -0.409 e. The fourth-order valence-corrected chi connectivity index (χ4v) is 1.65. The van der Waals surface area contributed by atoms with Crippen LogP contribution < -0.4 is 5.73 Å². The van der Waals surface area contributed by atoms with Crippen LogP contribution in [0.25, 0.3) is 0 Å². The van der Waals surface area contributed by atoms with Crippen LogP contribution in [0.1, 0.15) is 24.0 Å². The number of hydrogen-bond donors (Lipinski definition) is 2. The lowest BCUT2D eigenvalue weighted by Crippen LogP contribution is -2.30. The molecule has 0 aliphatic heterocycles. The Morgan fingerprint density at radius 1 is 1.32 bits per heavy atom. The van der Waals surface area contributed by atoms with Crippen LogP contribution in [0.5, 0.6) is 0 Å². The topological polar surface area (TPSA) is 78.9 Å². The van der Waals surface area contributed by atoms with E-state index in [9.17, 15) is 4.79 Å². The summed E-state index contributed by atoms with van der Waals surface area (Å²) in [6.45, 7) is 2.50. The molecule has 1 amide bonds.